The minimum atomic E-state index is -0.447. The van der Waals surface area contributed by atoms with Crippen molar-refractivity contribution in [1.82, 2.24) is 9.88 Å². The lowest BCUT2D eigenvalue weighted by Crippen LogP contribution is -2.29. The molecule has 1 aliphatic heterocycles. The second-order valence-electron chi connectivity index (χ2n) is 5.26. The van der Waals surface area contributed by atoms with Crippen LogP contribution in [0.25, 0.3) is 0 Å². The molecule has 1 N–H and O–H groups in total. The van der Waals surface area contributed by atoms with E-state index in [1.165, 1.54) is 6.20 Å². The summed E-state index contributed by atoms with van der Waals surface area (Å²) in [6, 6.07) is 3.99. The summed E-state index contributed by atoms with van der Waals surface area (Å²) in [6.07, 6.45) is 2.58. The van der Waals surface area contributed by atoms with Crippen molar-refractivity contribution in [2.24, 2.45) is 5.92 Å². The van der Waals surface area contributed by atoms with Crippen molar-refractivity contribution in [3.05, 3.63) is 28.4 Å². The Labute approximate surface area is 113 Å². The van der Waals surface area contributed by atoms with Crippen LogP contribution in [0.5, 0.6) is 0 Å². The van der Waals surface area contributed by atoms with Crippen LogP contribution < -0.4 is 5.32 Å². The number of rotatable bonds is 5. The number of hydrogen-bond acceptors (Lipinski definition) is 5. The summed E-state index contributed by atoms with van der Waals surface area (Å²) in [4.78, 5) is 16.6. The van der Waals surface area contributed by atoms with E-state index in [1.807, 2.05) is 0 Å². The van der Waals surface area contributed by atoms with Crippen LogP contribution in [0.1, 0.15) is 20.3 Å². The third kappa shape index (κ3) is 3.41. The number of anilines is 1. The van der Waals surface area contributed by atoms with Crippen LogP contribution in [0.3, 0.4) is 0 Å². The van der Waals surface area contributed by atoms with Gasteiger partial charge in [0.15, 0.2) is 0 Å². The van der Waals surface area contributed by atoms with Crippen molar-refractivity contribution in [2.45, 2.75) is 26.3 Å². The minimum absolute atomic E-state index is 0.0961. The van der Waals surface area contributed by atoms with Crippen LogP contribution >= 0.6 is 0 Å². The first-order valence-corrected chi connectivity index (χ1v) is 6.65. The Hall–Kier alpha value is -1.69. The molecule has 1 atom stereocenters. The molecule has 1 aromatic heterocycles. The van der Waals surface area contributed by atoms with Crippen LogP contribution in [0.15, 0.2) is 18.3 Å². The van der Waals surface area contributed by atoms with Gasteiger partial charge < -0.3 is 20.3 Å². The molecule has 0 aromatic carbocycles. The molecule has 0 aliphatic carbocycles. The summed E-state index contributed by atoms with van der Waals surface area (Å²) in [7, 11) is 0. The molecule has 6 nitrogen and oxygen atoms in total. The molecule has 104 valence electrons. The van der Waals surface area contributed by atoms with Gasteiger partial charge >= 0.3 is 5.82 Å². The summed E-state index contributed by atoms with van der Waals surface area (Å²) in [6.45, 7) is 7.32. The van der Waals surface area contributed by atoms with E-state index in [0.717, 1.165) is 26.1 Å². The van der Waals surface area contributed by atoms with Gasteiger partial charge in [0.2, 0.25) is 0 Å². The van der Waals surface area contributed by atoms with Gasteiger partial charge in [0.05, 0.1) is 0 Å². The van der Waals surface area contributed by atoms with Gasteiger partial charge in [-0.15, -0.1) is 0 Å². The highest BCUT2D eigenvalue weighted by Crippen LogP contribution is 2.23. The number of nitro groups is 1. The van der Waals surface area contributed by atoms with E-state index in [0.29, 0.717) is 17.6 Å². The van der Waals surface area contributed by atoms with E-state index in [2.05, 4.69) is 29.0 Å². The molecule has 0 amide bonds. The lowest BCUT2D eigenvalue weighted by molar-refractivity contribution is -0.388. The van der Waals surface area contributed by atoms with E-state index in [4.69, 9.17) is 0 Å². The minimum Gasteiger partial charge on any atom is -0.378 e. The van der Waals surface area contributed by atoms with Gasteiger partial charge in [0, 0.05) is 19.1 Å². The SMILES string of the molecule is CC(C)N1CCC(CNc2cccnc2[N+](=O)[O-])C1. The highest BCUT2D eigenvalue weighted by atomic mass is 16.6. The topological polar surface area (TPSA) is 71.3 Å². The number of aromatic nitrogens is 1. The monoisotopic (exact) mass is 264 g/mol. The molecule has 0 bridgehead atoms. The number of hydrogen-bond donors (Lipinski definition) is 1. The predicted octanol–water partition coefficient (Wildman–Crippen LogP) is 2.13. The Balaban J connectivity index is 1.91. The zero-order valence-electron chi connectivity index (χ0n) is 11.4. The molecular weight excluding hydrogens is 244 g/mol. The fourth-order valence-corrected chi connectivity index (χ4v) is 2.43. The zero-order valence-corrected chi connectivity index (χ0v) is 11.4. The van der Waals surface area contributed by atoms with Gasteiger partial charge in [0.25, 0.3) is 0 Å². The maximum atomic E-state index is 10.9. The molecule has 0 spiro atoms. The van der Waals surface area contributed by atoms with Crippen molar-refractivity contribution in [3.8, 4) is 0 Å². The molecular formula is C13H20N4O2. The quantitative estimate of drug-likeness (QED) is 0.651. The van der Waals surface area contributed by atoms with E-state index < -0.39 is 4.92 Å². The lowest BCUT2D eigenvalue weighted by atomic mass is 10.1. The van der Waals surface area contributed by atoms with E-state index in [9.17, 15) is 10.1 Å². The van der Waals surface area contributed by atoms with Crippen molar-refractivity contribution in [3.63, 3.8) is 0 Å². The Morgan fingerprint density at radius 2 is 2.42 bits per heavy atom. The average Bonchev–Trinajstić information content (AvgIpc) is 2.85. The van der Waals surface area contributed by atoms with Crippen molar-refractivity contribution >= 4 is 11.5 Å². The van der Waals surface area contributed by atoms with Crippen LogP contribution in [-0.2, 0) is 0 Å². The van der Waals surface area contributed by atoms with Crippen LogP contribution in [0, 0.1) is 16.0 Å². The molecule has 1 saturated heterocycles. The highest BCUT2D eigenvalue weighted by molar-refractivity contribution is 5.56. The van der Waals surface area contributed by atoms with Crippen molar-refractivity contribution in [1.29, 1.82) is 0 Å². The van der Waals surface area contributed by atoms with Gasteiger partial charge in [-0.3, -0.25) is 0 Å². The molecule has 0 saturated carbocycles. The lowest BCUT2D eigenvalue weighted by Gasteiger charge is -2.20. The standard InChI is InChI=1S/C13H20N4O2/c1-10(2)16-7-5-11(9-16)8-15-12-4-3-6-14-13(12)17(18)19/h3-4,6,10-11,15H,5,7-9H2,1-2H3. The van der Waals surface area contributed by atoms with Gasteiger partial charge in [-0.25, -0.2) is 0 Å². The average molecular weight is 264 g/mol. The van der Waals surface area contributed by atoms with Gasteiger partial charge in [-0.2, -0.15) is 0 Å². The fraction of sp³-hybridized carbons (Fsp3) is 0.615. The molecule has 19 heavy (non-hydrogen) atoms. The third-order valence-electron chi connectivity index (χ3n) is 3.59. The molecule has 6 heteroatoms. The molecule has 1 fully saturated rings. The third-order valence-corrected chi connectivity index (χ3v) is 3.59. The van der Waals surface area contributed by atoms with Crippen molar-refractivity contribution in [2.75, 3.05) is 25.0 Å². The molecule has 2 rings (SSSR count). The second-order valence-corrected chi connectivity index (χ2v) is 5.26. The van der Waals surface area contributed by atoms with Crippen molar-refractivity contribution < 1.29 is 4.92 Å². The Bertz CT molecular complexity index is 450. The highest BCUT2D eigenvalue weighted by Gasteiger charge is 2.24. The summed E-state index contributed by atoms with van der Waals surface area (Å²) in [5, 5.41) is 14.0. The second kappa shape index (κ2) is 5.97. The van der Waals surface area contributed by atoms with Crippen LogP contribution in [-0.4, -0.2) is 40.5 Å². The molecule has 0 radical (unpaired) electrons. The molecule has 2 heterocycles. The first-order valence-electron chi connectivity index (χ1n) is 6.65. The van der Waals surface area contributed by atoms with Crippen LogP contribution in [0.2, 0.25) is 0 Å². The predicted molar refractivity (Wildman–Crippen MR) is 74.2 cm³/mol. The normalized spacial score (nSPS) is 19.8. The van der Waals surface area contributed by atoms with Gasteiger partial charge in [-0.1, -0.05) is 0 Å². The fourth-order valence-electron chi connectivity index (χ4n) is 2.43. The number of pyridine rings is 1. The first kappa shape index (κ1) is 13.7. The van der Waals surface area contributed by atoms with E-state index in [1.54, 1.807) is 12.1 Å². The molecule has 1 unspecified atom stereocenters. The summed E-state index contributed by atoms with van der Waals surface area (Å²) in [5.74, 6) is 0.448. The molecule has 1 aliphatic rings. The number of nitrogens with zero attached hydrogens (tertiary/aromatic N) is 3. The van der Waals surface area contributed by atoms with E-state index >= 15 is 0 Å². The molecule has 1 aromatic rings. The van der Waals surface area contributed by atoms with E-state index in [-0.39, 0.29) is 5.82 Å². The summed E-state index contributed by atoms with van der Waals surface area (Å²) in [5.41, 5.74) is 0.510. The zero-order chi connectivity index (χ0) is 13.8. The van der Waals surface area contributed by atoms with Gasteiger partial charge in [-0.05, 0) is 54.8 Å². The number of likely N-dealkylation sites (tertiary alicyclic amines) is 1. The Morgan fingerprint density at radius 3 is 3.05 bits per heavy atom. The smallest absolute Gasteiger partial charge is 0.378 e. The largest absolute Gasteiger partial charge is 0.386 e. The van der Waals surface area contributed by atoms with Crippen LogP contribution in [0.4, 0.5) is 11.5 Å². The summed E-state index contributed by atoms with van der Waals surface area (Å²) < 4.78 is 0. The first-order chi connectivity index (χ1) is 9.08. The Morgan fingerprint density at radius 1 is 1.63 bits per heavy atom. The Kier molecular flexibility index (Phi) is 4.31. The maximum Gasteiger partial charge on any atom is 0.386 e. The number of nitrogens with one attached hydrogen (secondary N) is 1. The summed E-state index contributed by atoms with van der Waals surface area (Å²) >= 11 is 0. The maximum absolute atomic E-state index is 10.9. The van der Waals surface area contributed by atoms with Gasteiger partial charge in [0.1, 0.15) is 11.9 Å².